The van der Waals surface area contributed by atoms with Crippen LogP contribution >= 0.6 is 0 Å². The minimum atomic E-state index is -0.192. The van der Waals surface area contributed by atoms with Crippen molar-refractivity contribution >= 4 is 24.8 Å². The predicted molar refractivity (Wildman–Crippen MR) is 97.2 cm³/mol. The molecule has 1 unspecified atom stereocenters. The SMILES string of the molecule is [B]C1=CNC(Nc2ccc(N3CCOCC3)c(CO)c2)c2nccn21. The molecule has 0 spiro atoms. The molecule has 3 N–H and O–H groups in total. The molecule has 1 saturated heterocycles. The van der Waals surface area contributed by atoms with Crippen LogP contribution in [0, 0.1) is 0 Å². The van der Waals surface area contributed by atoms with Crippen LogP contribution in [0.3, 0.4) is 0 Å². The summed E-state index contributed by atoms with van der Waals surface area (Å²) < 4.78 is 7.24. The van der Waals surface area contributed by atoms with Gasteiger partial charge in [-0.3, -0.25) is 0 Å². The van der Waals surface area contributed by atoms with Gasteiger partial charge in [0.25, 0.3) is 0 Å². The fourth-order valence-corrected chi connectivity index (χ4v) is 3.25. The number of nitrogens with one attached hydrogen (secondary N) is 2. The summed E-state index contributed by atoms with van der Waals surface area (Å²) in [6.07, 6.45) is 5.11. The molecule has 0 saturated carbocycles. The van der Waals surface area contributed by atoms with Crippen molar-refractivity contribution in [3.8, 4) is 0 Å². The number of hydrogen-bond acceptors (Lipinski definition) is 6. The maximum Gasteiger partial charge on any atom is 0.157 e. The highest BCUT2D eigenvalue weighted by molar-refractivity contribution is 6.38. The third-order valence-corrected chi connectivity index (χ3v) is 4.52. The van der Waals surface area contributed by atoms with E-state index in [1.54, 1.807) is 12.4 Å². The lowest BCUT2D eigenvalue weighted by Crippen LogP contribution is -2.36. The molecule has 25 heavy (non-hydrogen) atoms. The number of rotatable bonds is 4. The number of ether oxygens (including phenoxy) is 1. The number of aliphatic hydroxyl groups is 1. The zero-order valence-corrected chi connectivity index (χ0v) is 13.9. The number of morpholine rings is 1. The van der Waals surface area contributed by atoms with Gasteiger partial charge >= 0.3 is 0 Å². The van der Waals surface area contributed by atoms with E-state index < -0.39 is 0 Å². The Labute approximate surface area is 147 Å². The average Bonchev–Trinajstić information content (AvgIpc) is 3.16. The van der Waals surface area contributed by atoms with Gasteiger partial charge in [0.1, 0.15) is 7.85 Å². The Morgan fingerprint density at radius 1 is 1.36 bits per heavy atom. The van der Waals surface area contributed by atoms with Gasteiger partial charge in [-0.2, -0.15) is 0 Å². The molecule has 8 heteroatoms. The monoisotopic (exact) mass is 337 g/mol. The van der Waals surface area contributed by atoms with Crippen LogP contribution in [0.4, 0.5) is 11.4 Å². The summed E-state index contributed by atoms with van der Waals surface area (Å²) in [7, 11) is 5.94. The number of nitrogens with zero attached hydrogens (tertiary/aromatic N) is 3. The molecule has 1 atom stereocenters. The largest absolute Gasteiger partial charge is 0.392 e. The van der Waals surface area contributed by atoms with E-state index in [2.05, 4.69) is 20.5 Å². The van der Waals surface area contributed by atoms with Gasteiger partial charge in [-0.25, -0.2) is 4.98 Å². The summed E-state index contributed by atoms with van der Waals surface area (Å²) in [5, 5.41) is 16.4. The standard InChI is InChI=1S/C17H20BN5O2/c18-15-10-20-16(17-19-3-4-23(15)17)21-13-1-2-14(12(9-13)11-24)22-5-7-25-8-6-22/h1-4,9-10,16,20-21,24H,5-8,11H2. The molecule has 4 rings (SSSR count). The highest BCUT2D eigenvalue weighted by Crippen LogP contribution is 2.28. The number of imidazole rings is 1. The van der Waals surface area contributed by atoms with Gasteiger partial charge in [-0.15, -0.1) is 0 Å². The van der Waals surface area contributed by atoms with E-state index in [0.717, 1.165) is 35.9 Å². The highest BCUT2D eigenvalue weighted by atomic mass is 16.5. The summed E-state index contributed by atoms with van der Waals surface area (Å²) in [5.41, 5.74) is 3.45. The molecule has 1 aromatic carbocycles. The van der Waals surface area contributed by atoms with Crippen LogP contribution < -0.4 is 15.5 Å². The smallest absolute Gasteiger partial charge is 0.157 e. The lowest BCUT2D eigenvalue weighted by atomic mass is 10.0. The summed E-state index contributed by atoms with van der Waals surface area (Å²) in [4.78, 5) is 6.61. The predicted octanol–water partition coefficient (Wildman–Crippen LogP) is 0.850. The molecular weight excluding hydrogens is 317 g/mol. The lowest BCUT2D eigenvalue weighted by molar-refractivity contribution is 0.122. The van der Waals surface area contributed by atoms with Gasteiger partial charge in [0.15, 0.2) is 12.0 Å². The zero-order valence-electron chi connectivity index (χ0n) is 13.9. The van der Waals surface area contributed by atoms with Gasteiger partial charge in [-0.1, -0.05) is 0 Å². The van der Waals surface area contributed by atoms with Crippen LogP contribution in [0.25, 0.3) is 5.60 Å². The van der Waals surface area contributed by atoms with E-state index in [-0.39, 0.29) is 12.8 Å². The van der Waals surface area contributed by atoms with Crippen LogP contribution in [0.1, 0.15) is 17.6 Å². The van der Waals surface area contributed by atoms with Gasteiger partial charge in [0, 0.05) is 48.6 Å². The van der Waals surface area contributed by atoms with Crippen molar-refractivity contribution in [3.05, 3.63) is 48.2 Å². The Morgan fingerprint density at radius 2 is 2.20 bits per heavy atom. The first-order valence-electron chi connectivity index (χ1n) is 8.34. The van der Waals surface area contributed by atoms with Gasteiger partial charge in [0.05, 0.1) is 19.8 Å². The quantitative estimate of drug-likeness (QED) is 0.719. The second kappa shape index (κ2) is 6.82. The van der Waals surface area contributed by atoms with E-state index >= 15 is 0 Å². The molecule has 7 nitrogen and oxygen atoms in total. The van der Waals surface area contributed by atoms with E-state index in [9.17, 15) is 5.11 Å². The first kappa shape index (κ1) is 16.0. The maximum absolute atomic E-state index is 9.80. The molecule has 2 aromatic rings. The Balaban J connectivity index is 1.56. The van der Waals surface area contributed by atoms with Crippen molar-refractivity contribution in [1.82, 2.24) is 14.9 Å². The minimum absolute atomic E-state index is 0.0121. The van der Waals surface area contributed by atoms with Crippen molar-refractivity contribution in [2.45, 2.75) is 12.8 Å². The molecule has 1 aromatic heterocycles. The summed E-state index contributed by atoms with van der Waals surface area (Å²) in [6.45, 7) is 3.10. The average molecular weight is 337 g/mol. The van der Waals surface area contributed by atoms with Crippen molar-refractivity contribution in [2.24, 2.45) is 0 Å². The molecule has 128 valence electrons. The molecule has 2 aliphatic heterocycles. The molecule has 0 aliphatic carbocycles. The van der Waals surface area contributed by atoms with E-state index in [4.69, 9.17) is 12.6 Å². The Kier molecular flexibility index (Phi) is 4.37. The first-order chi connectivity index (χ1) is 12.3. The minimum Gasteiger partial charge on any atom is -0.392 e. The third-order valence-electron chi connectivity index (χ3n) is 4.52. The van der Waals surface area contributed by atoms with Crippen LogP contribution in [0.2, 0.25) is 0 Å². The number of hydrogen-bond donors (Lipinski definition) is 3. The molecule has 2 aliphatic rings. The summed E-state index contributed by atoms with van der Waals surface area (Å²) in [5.74, 6) is 0.794. The topological polar surface area (TPSA) is 74.6 Å². The molecule has 3 heterocycles. The summed E-state index contributed by atoms with van der Waals surface area (Å²) in [6, 6.07) is 6.03. The molecule has 0 bridgehead atoms. The molecule has 2 radical (unpaired) electrons. The number of fused-ring (bicyclic) bond motifs is 1. The van der Waals surface area contributed by atoms with Gasteiger partial charge in [0.2, 0.25) is 0 Å². The normalized spacial score (nSPS) is 19.8. The number of benzene rings is 1. The van der Waals surface area contributed by atoms with E-state index in [1.807, 2.05) is 29.0 Å². The number of aromatic nitrogens is 2. The first-order valence-corrected chi connectivity index (χ1v) is 8.34. The molecule has 1 fully saturated rings. The van der Waals surface area contributed by atoms with Crippen molar-refractivity contribution in [3.63, 3.8) is 0 Å². The summed E-state index contributed by atoms with van der Waals surface area (Å²) >= 11 is 0. The maximum atomic E-state index is 9.80. The van der Waals surface area contributed by atoms with Crippen LogP contribution in [0.15, 0.2) is 36.8 Å². The van der Waals surface area contributed by atoms with Crippen molar-refractivity contribution < 1.29 is 9.84 Å². The van der Waals surface area contributed by atoms with Gasteiger partial charge < -0.3 is 29.9 Å². The third kappa shape index (κ3) is 3.10. The fourth-order valence-electron chi connectivity index (χ4n) is 3.25. The zero-order chi connectivity index (χ0) is 17.2. The van der Waals surface area contributed by atoms with Crippen molar-refractivity contribution in [2.75, 3.05) is 36.5 Å². The number of aliphatic hydroxyl groups excluding tert-OH is 1. The van der Waals surface area contributed by atoms with Crippen LogP contribution in [-0.2, 0) is 11.3 Å². The van der Waals surface area contributed by atoms with Crippen LogP contribution in [-0.4, -0.2) is 48.8 Å². The second-order valence-corrected chi connectivity index (χ2v) is 6.07. The molecule has 0 amide bonds. The Morgan fingerprint density at radius 3 is 3.00 bits per heavy atom. The van der Waals surface area contributed by atoms with Crippen molar-refractivity contribution in [1.29, 1.82) is 0 Å². The number of anilines is 2. The second-order valence-electron chi connectivity index (χ2n) is 6.07. The van der Waals surface area contributed by atoms with Gasteiger partial charge in [-0.05, 0) is 23.8 Å². The fraction of sp³-hybridized carbons (Fsp3) is 0.353. The van der Waals surface area contributed by atoms with E-state index in [1.165, 1.54) is 0 Å². The Bertz CT molecular complexity index is 785. The Hall–Kier alpha value is -2.45. The lowest BCUT2D eigenvalue weighted by Gasteiger charge is -2.31. The molecular formula is C17H20BN5O2. The highest BCUT2D eigenvalue weighted by Gasteiger charge is 2.21. The van der Waals surface area contributed by atoms with Crippen LogP contribution in [0.5, 0.6) is 0 Å². The van der Waals surface area contributed by atoms with E-state index in [0.29, 0.717) is 18.8 Å².